The van der Waals surface area contributed by atoms with Crippen LogP contribution in [0.3, 0.4) is 0 Å². The summed E-state index contributed by atoms with van der Waals surface area (Å²) < 4.78 is 66.8. The zero-order valence-electron chi connectivity index (χ0n) is 14.4. The van der Waals surface area contributed by atoms with Crippen molar-refractivity contribution < 1.29 is 21.2 Å². The molecule has 0 spiro atoms. The first-order chi connectivity index (χ1) is 11.7. The van der Waals surface area contributed by atoms with E-state index in [4.69, 9.17) is 0 Å². The molecule has 1 aromatic rings. The molecule has 0 bridgehead atoms. The molecule has 0 unspecified atom stereocenters. The molecule has 2 rings (SSSR count). The van der Waals surface area contributed by atoms with Crippen LogP contribution in [0.5, 0.6) is 0 Å². The van der Waals surface area contributed by atoms with Crippen LogP contribution in [0.4, 0.5) is 4.39 Å². The molecule has 10 heteroatoms. The summed E-state index contributed by atoms with van der Waals surface area (Å²) in [4.78, 5) is 0. The Bertz CT molecular complexity index is 769. The number of hydrogen-bond donors (Lipinski definition) is 0. The Morgan fingerprint density at radius 2 is 1.40 bits per heavy atom. The summed E-state index contributed by atoms with van der Waals surface area (Å²) in [5.74, 6) is -0.646. The average Bonchev–Trinajstić information content (AvgIpc) is 2.58. The first kappa shape index (κ1) is 20.2. The second-order valence-corrected chi connectivity index (χ2v) is 9.67. The molecule has 7 nitrogen and oxygen atoms in total. The van der Waals surface area contributed by atoms with Crippen molar-refractivity contribution in [1.82, 2.24) is 12.9 Å². The number of hydrogen-bond acceptors (Lipinski definition) is 4. The Morgan fingerprint density at radius 1 is 0.920 bits per heavy atom. The van der Waals surface area contributed by atoms with Gasteiger partial charge in [0.15, 0.2) is 0 Å². The topological polar surface area (TPSA) is 78.0 Å². The smallest absolute Gasteiger partial charge is 0.212 e. The molecule has 0 aromatic heterocycles. The fourth-order valence-corrected chi connectivity index (χ4v) is 5.89. The fourth-order valence-electron chi connectivity index (χ4n) is 2.77. The maximum Gasteiger partial charge on any atom is 0.282 e. The van der Waals surface area contributed by atoms with Gasteiger partial charge in [0.05, 0.1) is 5.75 Å². The normalized spacial score (nSPS) is 17.9. The Morgan fingerprint density at radius 3 is 1.88 bits per heavy atom. The second-order valence-electron chi connectivity index (χ2n) is 5.77. The van der Waals surface area contributed by atoms with Gasteiger partial charge in [0.1, 0.15) is 5.82 Å². The van der Waals surface area contributed by atoms with Gasteiger partial charge in [-0.2, -0.15) is 21.3 Å². The summed E-state index contributed by atoms with van der Waals surface area (Å²) in [6.07, 6.45) is 0. The molecule has 1 aromatic carbocycles. The molecular formula is C15H24FN3O4S2. The predicted octanol–water partition coefficient (Wildman–Crippen LogP) is 0.860. The maximum atomic E-state index is 12.9. The molecule has 0 radical (unpaired) electrons. The Kier molecular flexibility index (Phi) is 6.55. The van der Waals surface area contributed by atoms with Crippen LogP contribution in [0.25, 0.3) is 0 Å². The van der Waals surface area contributed by atoms with Crippen LogP contribution in [0, 0.1) is 5.82 Å². The van der Waals surface area contributed by atoms with Crippen LogP contribution in [0.1, 0.15) is 19.4 Å². The lowest BCUT2D eigenvalue weighted by Gasteiger charge is -2.35. The molecule has 0 aliphatic carbocycles. The summed E-state index contributed by atoms with van der Waals surface area (Å²) in [5.41, 5.74) is 0.500. The van der Waals surface area contributed by atoms with Gasteiger partial charge in [-0.1, -0.05) is 26.0 Å². The van der Waals surface area contributed by atoms with Crippen LogP contribution in [-0.4, -0.2) is 69.0 Å². The van der Waals surface area contributed by atoms with E-state index in [9.17, 15) is 21.2 Å². The number of piperazine rings is 1. The maximum absolute atomic E-state index is 12.9. The fraction of sp³-hybridized carbons (Fsp3) is 0.600. The lowest BCUT2D eigenvalue weighted by atomic mass is 10.2. The minimum absolute atomic E-state index is 0.115. The first-order valence-corrected chi connectivity index (χ1v) is 11.2. The molecule has 1 heterocycles. The van der Waals surface area contributed by atoms with Crippen molar-refractivity contribution in [3.63, 3.8) is 0 Å². The van der Waals surface area contributed by atoms with Crippen LogP contribution in [-0.2, 0) is 26.0 Å². The third-order valence-electron chi connectivity index (χ3n) is 4.21. The first-order valence-electron chi connectivity index (χ1n) is 8.18. The van der Waals surface area contributed by atoms with Crippen LogP contribution in [0.2, 0.25) is 0 Å². The zero-order chi connectivity index (χ0) is 18.7. The second kappa shape index (κ2) is 8.09. The zero-order valence-corrected chi connectivity index (χ0v) is 16.1. The molecular weight excluding hydrogens is 369 g/mol. The standard InChI is InChI=1S/C15H24FN3O4S2/c1-3-17(4-2)25(22,23)19-11-9-18(10-12-19)24(20,21)13-14-5-7-15(16)8-6-14/h5-8H,3-4,9-13H2,1-2H3. The number of rotatable bonds is 7. The van der Waals surface area contributed by atoms with Gasteiger partial charge in [-0.15, -0.1) is 0 Å². The van der Waals surface area contributed by atoms with E-state index in [1.165, 1.54) is 37.2 Å². The lowest BCUT2D eigenvalue weighted by molar-refractivity contribution is 0.256. The molecule has 0 N–H and O–H groups in total. The van der Waals surface area contributed by atoms with Crippen molar-refractivity contribution in [2.75, 3.05) is 39.3 Å². The van der Waals surface area contributed by atoms with E-state index in [2.05, 4.69) is 0 Å². The predicted molar refractivity (Wildman–Crippen MR) is 94.0 cm³/mol. The molecule has 0 saturated carbocycles. The van der Waals surface area contributed by atoms with Crippen molar-refractivity contribution >= 4 is 20.2 Å². The van der Waals surface area contributed by atoms with Crippen LogP contribution >= 0.6 is 0 Å². The van der Waals surface area contributed by atoms with Crippen molar-refractivity contribution in [1.29, 1.82) is 0 Å². The van der Waals surface area contributed by atoms with Gasteiger partial charge >= 0.3 is 0 Å². The van der Waals surface area contributed by atoms with E-state index >= 15 is 0 Å². The van der Waals surface area contributed by atoms with Crippen molar-refractivity contribution in [2.45, 2.75) is 19.6 Å². The lowest BCUT2D eigenvalue weighted by Crippen LogP contribution is -2.54. The van der Waals surface area contributed by atoms with Crippen molar-refractivity contribution in [3.05, 3.63) is 35.6 Å². The average molecular weight is 394 g/mol. The van der Waals surface area contributed by atoms with Gasteiger partial charge in [-0.05, 0) is 17.7 Å². The SMILES string of the molecule is CCN(CC)S(=O)(=O)N1CCN(S(=O)(=O)Cc2ccc(F)cc2)CC1. The highest BCUT2D eigenvalue weighted by atomic mass is 32.2. The van der Waals surface area contributed by atoms with Crippen LogP contribution in [0.15, 0.2) is 24.3 Å². The Hall–Kier alpha value is -1.07. The van der Waals surface area contributed by atoms with Gasteiger partial charge in [-0.25, -0.2) is 12.8 Å². The van der Waals surface area contributed by atoms with Gasteiger partial charge in [0.2, 0.25) is 10.0 Å². The van der Waals surface area contributed by atoms with Crippen molar-refractivity contribution in [3.8, 4) is 0 Å². The molecule has 1 saturated heterocycles. The quantitative estimate of drug-likeness (QED) is 0.688. The van der Waals surface area contributed by atoms with Crippen LogP contribution < -0.4 is 0 Å². The Balaban J connectivity index is 2.02. The highest BCUT2D eigenvalue weighted by molar-refractivity contribution is 7.88. The summed E-state index contributed by atoms with van der Waals surface area (Å²) in [7, 11) is -7.13. The molecule has 1 aliphatic rings. The molecule has 0 atom stereocenters. The molecule has 0 amide bonds. The summed E-state index contributed by atoms with van der Waals surface area (Å²) >= 11 is 0. The minimum Gasteiger partial charge on any atom is -0.212 e. The number of sulfonamides is 1. The van der Waals surface area contributed by atoms with E-state index in [0.29, 0.717) is 18.7 Å². The summed E-state index contributed by atoms with van der Waals surface area (Å²) in [6.45, 7) is 4.77. The van der Waals surface area contributed by atoms with Gasteiger partial charge < -0.3 is 0 Å². The van der Waals surface area contributed by atoms with Gasteiger partial charge in [0.25, 0.3) is 10.2 Å². The summed E-state index contributed by atoms with van der Waals surface area (Å²) in [6, 6.07) is 5.32. The minimum atomic E-state index is -3.57. The highest BCUT2D eigenvalue weighted by Gasteiger charge is 2.34. The number of benzene rings is 1. The number of nitrogens with zero attached hydrogens (tertiary/aromatic N) is 3. The van der Waals surface area contributed by atoms with Gasteiger partial charge in [-0.3, -0.25) is 0 Å². The largest absolute Gasteiger partial charge is 0.282 e. The van der Waals surface area contributed by atoms with E-state index < -0.39 is 26.0 Å². The Labute approximate surface area is 149 Å². The van der Waals surface area contributed by atoms with E-state index in [-0.39, 0.29) is 31.9 Å². The third kappa shape index (κ3) is 4.76. The van der Waals surface area contributed by atoms with E-state index in [0.717, 1.165) is 0 Å². The third-order valence-corrected chi connectivity index (χ3v) is 8.25. The molecule has 25 heavy (non-hydrogen) atoms. The molecule has 1 fully saturated rings. The molecule has 1 aliphatic heterocycles. The number of halogens is 1. The highest BCUT2D eigenvalue weighted by Crippen LogP contribution is 2.17. The van der Waals surface area contributed by atoms with E-state index in [1.807, 2.05) is 0 Å². The van der Waals surface area contributed by atoms with E-state index in [1.54, 1.807) is 13.8 Å². The molecule has 142 valence electrons. The van der Waals surface area contributed by atoms with Gasteiger partial charge in [0, 0.05) is 39.3 Å². The summed E-state index contributed by atoms with van der Waals surface area (Å²) in [5, 5.41) is 0. The van der Waals surface area contributed by atoms with Crippen molar-refractivity contribution in [2.24, 2.45) is 0 Å². The monoisotopic (exact) mass is 393 g/mol.